The molecule has 1 aliphatic rings. The summed E-state index contributed by atoms with van der Waals surface area (Å²) in [6.07, 6.45) is 9.73. The lowest BCUT2D eigenvalue weighted by atomic mass is 9.83. The normalized spacial score (nSPS) is 18.9. The highest BCUT2D eigenvalue weighted by molar-refractivity contribution is 4.81. The molecule has 20 heavy (non-hydrogen) atoms. The van der Waals surface area contributed by atoms with E-state index in [1.54, 1.807) is 0 Å². The van der Waals surface area contributed by atoms with Crippen molar-refractivity contribution >= 4 is 0 Å². The van der Waals surface area contributed by atoms with Gasteiger partial charge in [-0.1, -0.05) is 26.2 Å². The Balaban J connectivity index is 2.33. The Morgan fingerprint density at radius 2 is 1.75 bits per heavy atom. The average Bonchev–Trinajstić information content (AvgIpc) is 2.44. The highest BCUT2D eigenvalue weighted by atomic mass is 15.1. The fourth-order valence-corrected chi connectivity index (χ4v) is 3.33. The van der Waals surface area contributed by atoms with Gasteiger partial charge < -0.3 is 15.1 Å². The van der Waals surface area contributed by atoms with E-state index in [0.717, 1.165) is 5.92 Å². The molecule has 0 amide bonds. The van der Waals surface area contributed by atoms with Crippen LogP contribution in [0.15, 0.2) is 0 Å². The molecule has 0 radical (unpaired) electrons. The van der Waals surface area contributed by atoms with E-state index in [1.807, 2.05) is 0 Å². The van der Waals surface area contributed by atoms with Gasteiger partial charge in [0.2, 0.25) is 0 Å². The van der Waals surface area contributed by atoms with Crippen molar-refractivity contribution in [3.63, 3.8) is 0 Å². The van der Waals surface area contributed by atoms with Crippen molar-refractivity contribution in [2.24, 2.45) is 5.92 Å². The Bertz CT molecular complexity index is 224. The van der Waals surface area contributed by atoms with Gasteiger partial charge in [0, 0.05) is 12.6 Å². The zero-order chi connectivity index (χ0) is 14.8. The summed E-state index contributed by atoms with van der Waals surface area (Å²) in [5, 5.41) is 3.82. The molecule has 3 nitrogen and oxygen atoms in total. The molecule has 120 valence electrons. The van der Waals surface area contributed by atoms with E-state index in [2.05, 4.69) is 43.2 Å². The van der Waals surface area contributed by atoms with Crippen LogP contribution in [0.1, 0.15) is 51.9 Å². The van der Waals surface area contributed by atoms with Crippen LogP contribution in [0.2, 0.25) is 0 Å². The second-order valence-electron chi connectivity index (χ2n) is 6.88. The number of nitrogens with zero attached hydrogens (tertiary/aromatic N) is 2. The molecule has 1 rings (SSSR count). The van der Waals surface area contributed by atoms with Crippen molar-refractivity contribution in [3.8, 4) is 0 Å². The highest BCUT2D eigenvalue weighted by Crippen LogP contribution is 2.26. The van der Waals surface area contributed by atoms with Gasteiger partial charge in [0.1, 0.15) is 0 Å². The molecule has 1 aliphatic carbocycles. The van der Waals surface area contributed by atoms with Gasteiger partial charge in [-0.05, 0) is 72.4 Å². The third kappa shape index (κ3) is 7.61. The molecule has 0 bridgehead atoms. The van der Waals surface area contributed by atoms with Crippen molar-refractivity contribution in [2.45, 2.75) is 57.9 Å². The molecule has 0 heterocycles. The van der Waals surface area contributed by atoms with E-state index in [0.29, 0.717) is 6.04 Å². The van der Waals surface area contributed by atoms with Crippen LogP contribution in [0, 0.1) is 5.92 Å². The summed E-state index contributed by atoms with van der Waals surface area (Å²) in [6, 6.07) is 0.708. The van der Waals surface area contributed by atoms with Gasteiger partial charge in [-0.25, -0.2) is 0 Å². The number of hydrogen-bond donors (Lipinski definition) is 1. The van der Waals surface area contributed by atoms with Crippen LogP contribution in [0.5, 0.6) is 0 Å². The van der Waals surface area contributed by atoms with Gasteiger partial charge >= 0.3 is 0 Å². The molecule has 0 aromatic carbocycles. The first-order chi connectivity index (χ1) is 9.63. The first-order valence-corrected chi connectivity index (χ1v) is 8.70. The maximum atomic E-state index is 3.82. The molecule has 0 aromatic rings. The zero-order valence-corrected chi connectivity index (χ0v) is 14.3. The Labute approximate surface area is 127 Å². The van der Waals surface area contributed by atoms with Crippen LogP contribution >= 0.6 is 0 Å². The minimum Gasteiger partial charge on any atom is -0.312 e. The predicted octanol–water partition coefficient (Wildman–Crippen LogP) is 2.82. The van der Waals surface area contributed by atoms with Crippen molar-refractivity contribution in [3.05, 3.63) is 0 Å². The van der Waals surface area contributed by atoms with E-state index in [9.17, 15) is 0 Å². The van der Waals surface area contributed by atoms with Crippen molar-refractivity contribution in [2.75, 3.05) is 47.3 Å². The number of rotatable bonds is 10. The van der Waals surface area contributed by atoms with Crippen molar-refractivity contribution in [1.29, 1.82) is 0 Å². The summed E-state index contributed by atoms with van der Waals surface area (Å²) in [7, 11) is 6.61. The molecule has 0 saturated heterocycles. The summed E-state index contributed by atoms with van der Waals surface area (Å²) in [5.41, 5.74) is 0. The van der Waals surface area contributed by atoms with E-state index in [1.165, 1.54) is 71.1 Å². The van der Waals surface area contributed by atoms with Gasteiger partial charge in [-0.3, -0.25) is 0 Å². The van der Waals surface area contributed by atoms with Crippen LogP contribution in [0.3, 0.4) is 0 Å². The summed E-state index contributed by atoms with van der Waals surface area (Å²) in [4.78, 5) is 4.81. The fourth-order valence-electron chi connectivity index (χ4n) is 3.33. The van der Waals surface area contributed by atoms with Crippen LogP contribution < -0.4 is 5.32 Å². The zero-order valence-electron chi connectivity index (χ0n) is 14.3. The standard InChI is InChI=1S/C17H37N3/c1-5-12-18-17(16-10-7-6-8-11-16)15-20(4)14-9-13-19(2)3/h16-18H,5-15H2,1-4H3. The molecule has 0 aliphatic heterocycles. The van der Waals surface area contributed by atoms with Gasteiger partial charge in [-0.2, -0.15) is 0 Å². The lowest BCUT2D eigenvalue weighted by molar-refractivity contribution is 0.200. The molecule has 3 heteroatoms. The third-order valence-corrected chi connectivity index (χ3v) is 4.53. The Kier molecular flexibility index (Phi) is 9.49. The van der Waals surface area contributed by atoms with Gasteiger partial charge in [-0.15, -0.1) is 0 Å². The molecule has 1 N–H and O–H groups in total. The second kappa shape index (κ2) is 10.6. The summed E-state index contributed by atoms with van der Waals surface area (Å²) in [5.74, 6) is 0.909. The molecule has 1 fully saturated rings. The number of nitrogens with one attached hydrogen (secondary N) is 1. The molecule has 1 saturated carbocycles. The second-order valence-corrected chi connectivity index (χ2v) is 6.88. The molecule has 0 spiro atoms. The van der Waals surface area contributed by atoms with E-state index >= 15 is 0 Å². The van der Waals surface area contributed by atoms with E-state index in [-0.39, 0.29) is 0 Å². The Morgan fingerprint density at radius 1 is 1.05 bits per heavy atom. The predicted molar refractivity (Wildman–Crippen MR) is 89.3 cm³/mol. The number of likely N-dealkylation sites (N-methyl/N-ethyl adjacent to an activating group) is 1. The molecular formula is C17H37N3. The molecular weight excluding hydrogens is 246 g/mol. The van der Waals surface area contributed by atoms with E-state index in [4.69, 9.17) is 0 Å². The quantitative estimate of drug-likeness (QED) is 0.665. The van der Waals surface area contributed by atoms with Gasteiger partial charge in [0.05, 0.1) is 0 Å². The molecule has 1 unspecified atom stereocenters. The minimum absolute atomic E-state index is 0.708. The van der Waals surface area contributed by atoms with Gasteiger partial charge in [0.15, 0.2) is 0 Å². The van der Waals surface area contributed by atoms with Crippen LogP contribution in [0.4, 0.5) is 0 Å². The lowest BCUT2D eigenvalue weighted by Gasteiger charge is -2.34. The van der Waals surface area contributed by atoms with Gasteiger partial charge in [0.25, 0.3) is 0 Å². The molecule has 0 aromatic heterocycles. The topological polar surface area (TPSA) is 18.5 Å². The minimum atomic E-state index is 0.708. The van der Waals surface area contributed by atoms with E-state index < -0.39 is 0 Å². The largest absolute Gasteiger partial charge is 0.312 e. The maximum Gasteiger partial charge on any atom is 0.0223 e. The van der Waals surface area contributed by atoms with Crippen LogP contribution in [-0.4, -0.2) is 63.2 Å². The third-order valence-electron chi connectivity index (χ3n) is 4.53. The monoisotopic (exact) mass is 283 g/mol. The Hall–Kier alpha value is -0.120. The maximum absolute atomic E-state index is 3.82. The number of hydrogen-bond acceptors (Lipinski definition) is 3. The van der Waals surface area contributed by atoms with Crippen LogP contribution in [0.25, 0.3) is 0 Å². The summed E-state index contributed by atoms with van der Waals surface area (Å²) >= 11 is 0. The SMILES string of the molecule is CCCNC(CN(C)CCCN(C)C)C1CCCCC1. The van der Waals surface area contributed by atoms with Crippen LogP contribution in [-0.2, 0) is 0 Å². The molecule has 1 atom stereocenters. The highest BCUT2D eigenvalue weighted by Gasteiger charge is 2.23. The lowest BCUT2D eigenvalue weighted by Crippen LogP contribution is -2.45. The summed E-state index contributed by atoms with van der Waals surface area (Å²) < 4.78 is 0. The fraction of sp³-hybridized carbons (Fsp3) is 1.00. The first-order valence-electron chi connectivity index (χ1n) is 8.70. The summed E-state index contributed by atoms with van der Waals surface area (Å²) in [6.45, 7) is 7.08. The average molecular weight is 284 g/mol. The smallest absolute Gasteiger partial charge is 0.0223 e. The first kappa shape index (κ1) is 17.9. The van der Waals surface area contributed by atoms with Crippen molar-refractivity contribution in [1.82, 2.24) is 15.1 Å². The Morgan fingerprint density at radius 3 is 2.35 bits per heavy atom. The van der Waals surface area contributed by atoms with Crippen molar-refractivity contribution < 1.29 is 0 Å².